The number of amides is 1. The van der Waals surface area contributed by atoms with Crippen molar-refractivity contribution < 1.29 is 14.1 Å². The van der Waals surface area contributed by atoms with E-state index in [0.29, 0.717) is 19.5 Å². The first-order valence-corrected chi connectivity index (χ1v) is 7.55. The summed E-state index contributed by atoms with van der Waals surface area (Å²) in [4.78, 5) is 15.5. The Hall–Kier alpha value is -1.86. The highest BCUT2D eigenvalue weighted by molar-refractivity contribution is 6.45. The molecule has 0 aliphatic rings. The van der Waals surface area contributed by atoms with E-state index >= 15 is 0 Å². The van der Waals surface area contributed by atoms with Crippen molar-refractivity contribution in [2.75, 3.05) is 13.2 Å². The predicted molar refractivity (Wildman–Crippen MR) is 87.5 cm³/mol. The highest BCUT2D eigenvalue weighted by atomic mass is 16.6. The summed E-state index contributed by atoms with van der Waals surface area (Å²) in [5.74, 6) is 0. The molecule has 0 bridgehead atoms. The maximum atomic E-state index is 11.7. The Labute approximate surface area is 132 Å². The molecule has 22 heavy (non-hydrogen) atoms. The van der Waals surface area contributed by atoms with Gasteiger partial charge in [0.1, 0.15) is 6.33 Å². The average molecular weight is 305 g/mol. The monoisotopic (exact) mass is 305 g/mol. The molecule has 1 amide bonds. The summed E-state index contributed by atoms with van der Waals surface area (Å²) >= 11 is 0. The third kappa shape index (κ3) is 7.80. The molecule has 0 atom stereocenters. The topological polar surface area (TPSA) is 65.4 Å². The molecule has 1 heterocycles. The molecule has 0 aromatic carbocycles. The Morgan fingerprint density at radius 1 is 1.45 bits per heavy atom. The smallest absolute Gasteiger partial charge is 0.411 e. The Morgan fingerprint density at radius 3 is 3.00 bits per heavy atom. The molecule has 1 rings (SSSR count). The lowest BCUT2D eigenvalue weighted by Gasteiger charge is -2.12. The summed E-state index contributed by atoms with van der Waals surface area (Å²) in [6, 6.07) is -0.263. The molecule has 1 aromatic rings. The zero-order valence-electron chi connectivity index (χ0n) is 13.1. The van der Waals surface area contributed by atoms with Crippen LogP contribution < -0.4 is 5.32 Å². The number of hydrogen-bond acceptors (Lipinski definition) is 4. The van der Waals surface area contributed by atoms with Crippen LogP contribution in [0.3, 0.4) is 0 Å². The van der Waals surface area contributed by atoms with Crippen LogP contribution in [0.1, 0.15) is 26.2 Å². The lowest BCUT2D eigenvalue weighted by molar-refractivity contribution is 0.211. The third-order valence-electron chi connectivity index (χ3n) is 2.84. The lowest BCUT2D eigenvalue weighted by Crippen LogP contribution is -2.24. The fourth-order valence-corrected chi connectivity index (χ4v) is 1.69. The van der Waals surface area contributed by atoms with E-state index in [0.717, 1.165) is 19.3 Å². The van der Waals surface area contributed by atoms with Gasteiger partial charge < -0.3 is 14.6 Å². The summed E-state index contributed by atoms with van der Waals surface area (Å²) in [6.45, 7) is 6.89. The van der Waals surface area contributed by atoms with E-state index in [4.69, 9.17) is 9.31 Å². The van der Waals surface area contributed by atoms with Crippen molar-refractivity contribution in [1.82, 2.24) is 14.9 Å². The Kier molecular flexibility index (Phi) is 9.73. The van der Waals surface area contributed by atoms with Crippen molar-refractivity contribution in [3.63, 3.8) is 0 Å². The van der Waals surface area contributed by atoms with Crippen LogP contribution in [0.15, 0.2) is 43.7 Å². The average Bonchev–Trinajstić information content (AvgIpc) is 3.06. The fraction of sp³-hybridized carbons (Fsp3) is 0.467. The number of nitrogens with one attached hydrogen (secondary N) is 1. The van der Waals surface area contributed by atoms with Crippen LogP contribution >= 0.6 is 0 Å². The molecule has 1 aromatic heterocycles. The molecule has 0 radical (unpaired) electrons. The first kappa shape index (κ1) is 18.2. The van der Waals surface area contributed by atoms with Gasteiger partial charge in [0, 0.05) is 38.1 Å². The highest BCUT2D eigenvalue weighted by Crippen LogP contribution is 2.02. The van der Waals surface area contributed by atoms with Gasteiger partial charge in [-0.2, -0.15) is 0 Å². The van der Waals surface area contributed by atoms with Gasteiger partial charge in [-0.05, 0) is 6.42 Å². The number of hydrogen-bond donors (Lipinski definition) is 1. The zero-order valence-corrected chi connectivity index (χ0v) is 13.1. The first-order chi connectivity index (χ1) is 10.8. The molecule has 0 unspecified atom stereocenters. The molecule has 0 aliphatic carbocycles. The maximum absolute atomic E-state index is 11.7. The van der Waals surface area contributed by atoms with Crippen LogP contribution in [0.5, 0.6) is 0 Å². The second-order valence-corrected chi connectivity index (χ2v) is 4.69. The third-order valence-corrected chi connectivity index (χ3v) is 2.84. The second-order valence-electron chi connectivity index (χ2n) is 4.69. The second kappa shape index (κ2) is 11.8. The summed E-state index contributed by atoms with van der Waals surface area (Å²) in [5.41, 5.74) is 0. The fourth-order valence-electron chi connectivity index (χ4n) is 1.69. The van der Waals surface area contributed by atoms with Gasteiger partial charge in [0.05, 0.1) is 0 Å². The van der Waals surface area contributed by atoms with E-state index in [2.05, 4.69) is 23.8 Å². The molecule has 0 saturated carbocycles. The number of unbranched alkanes of at least 4 members (excludes halogenated alkanes) is 2. The number of imidazole rings is 1. The van der Waals surface area contributed by atoms with E-state index in [-0.39, 0.29) is 13.1 Å². The van der Waals surface area contributed by atoms with Gasteiger partial charge in [0.15, 0.2) is 0 Å². The first-order valence-electron chi connectivity index (χ1n) is 7.55. The summed E-state index contributed by atoms with van der Waals surface area (Å²) in [6.07, 6.45) is 13.5. The number of allylic oxidation sites excluding steroid dienone is 1. The maximum Gasteiger partial charge on any atom is 0.461 e. The summed E-state index contributed by atoms with van der Waals surface area (Å²) in [7, 11) is -0.323. The molecule has 7 heteroatoms. The van der Waals surface area contributed by atoms with Crippen molar-refractivity contribution >= 4 is 13.1 Å². The van der Waals surface area contributed by atoms with Crippen molar-refractivity contribution in [1.29, 1.82) is 0 Å². The predicted octanol–water partition coefficient (Wildman–Crippen LogP) is 2.85. The molecule has 0 fully saturated rings. The summed E-state index contributed by atoms with van der Waals surface area (Å²) in [5, 5.41) is 2.65. The lowest BCUT2D eigenvalue weighted by atomic mass is 9.84. The van der Waals surface area contributed by atoms with Gasteiger partial charge in [0.25, 0.3) is 0 Å². The van der Waals surface area contributed by atoms with Crippen molar-refractivity contribution in [2.45, 2.75) is 32.5 Å². The highest BCUT2D eigenvalue weighted by Gasteiger charge is 2.15. The molecule has 0 spiro atoms. The van der Waals surface area contributed by atoms with E-state index in [1.165, 1.54) is 10.9 Å². The normalized spacial score (nSPS) is 10.8. The standard InChI is InChI=1S/C15H24BN3O3/c1-3-5-6-13-22-16(21-12-4-2)8-7-9-18-15(20)19-11-10-17-14-19/h4,7,9-11,14H,2-3,5-6,8,12-13H2,1H3,(H,18,20). The number of carbonyl (C=O) groups excluding carboxylic acids is 1. The summed E-state index contributed by atoms with van der Waals surface area (Å²) < 4.78 is 12.6. The SMILES string of the molecule is C=CCOB(CC=CNC(=O)n1ccnc1)OCCCCC. The van der Waals surface area contributed by atoms with Gasteiger partial charge in [0.2, 0.25) is 0 Å². The molecule has 0 aliphatic heterocycles. The van der Waals surface area contributed by atoms with Crippen molar-refractivity contribution in [3.8, 4) is 0 Å². The number of rotatable bonds is 11. The van der Waals surface area contributed by atoms with Crippen LogP contribution in [0.4, 0.5) is 4.79 Å². The molecule has 120 valence electrons. The van der Waals surface area contributed by atoms with E-state index in [9.17, 15) is 4.79 Å². The Balaban J connectivity index is 2.29. The van der Waals surface area contributed by atoms with Gasteiger partial charge >= 0.3 is 13.1 Å². The minimum Gasteiger partial charge on any atom is -0.411 e. The van der Waals surface area contributed by atoms with Crippen LogP contribution in [-0.4, -0.2) is 35.9 Å². The number of nitrogens with zero attached hydrogens (tertiary/aromatic N) is 2. The van der Waals surface area contributed by atoms with Gasteiger partial charge in [-0.25, -0.2) is 9.78 Å². The Morgan fingerprint density at radius 2 is 2.32 bits per heavy atom. The van der Waals surface area contributed by atoms with Gasteiger partial charge in [-0.15, -0.1) is 6.58 Å². The van der Waals surface area contributed by atoms with Crippen molar-refractivity contribution in [3.05, 3.63) is 43.7 Å². The molecule has 0 saturated heterocycles. The van der Waals surface area contributed by atoms with Crippen LogP contribution in [0.2, 0.25) is 6.32 Å². The van der Waals surface area contributed by atoms with E-state index in [1.807, 2.05) is 6.08 Å². The van der Waals surface area contributed by atoms with Gasteiger partial charge in [-0.1, -0.05) is 31.9 Å². The number of carbonyl (C=O) groups is 1. The van der Waals surface area contributed by atoms with E-state index < -0.39 is 0 Å². The van der Waals surface area contributed by atoms with Gasteiger partial charge in [-0.3, -0.25) is 4.57 Å². The van der Waals surface area contributed by atoms with Crippen molar-refractivity contribution in [2.24, 2.45) is 0 Å². The zero-order chi connectivity index (χ0) is 16.0. The van der Waals surface area contributed by atoms with E-state index in [1.54, 1.807) is 24.7 Å². The molecule has 1 N–H and O–H groups in total. The molecular weight excluding hydrogens is 281 g/mol. The van der Waals surface area contributed by atoms with Crippen LogP contribution in [0, 0.1) is 0 Å². The molecule has 6 nitrogen and oxygen atoms in total. The van der Waals surface area contributed by atoms with Crippen LogP contribution in [0.25, 0.3) is 0 Å². The Bertz CT molecular complexity index is 449. The quantitative estimate of drug-likeness (QED) is 0.388. The molecular formula is C15H24BN3O3. The number of aromatic nitrogens is 2. The largest absolute Gasteiger partial charge is 0.461 e. The minimum absolute atomic E-state index is 0.263. The van der Waals surface area contributed by atoms with Crippen LogP contribution in [-0.2, 0) is 9.31 Å². The minimum atomic E-state index is -0.323.